The first-order chi connectivity index (χ1) is 10.6. The fourth-order valence-electron chi connectivity index (χ4n) is 3.86. The number of fused-ring (bicyclic) bond motifs is 1. The van der Waals surface area contributed by atoms with E-state index in [4.69, 9.17) is 4.98 Å². The zero-order valence-corrected chi connectivity index (χ0v) is 16.0. The van der Waals surface area contributed by atoms with Crippen molar-refractivity contribution in [3.63, 3.8) is 0 Å². The van der Waals surface area contributed by atoms with Crippen LogP contribution in [-0.4, -0.2) is 32.6 Å². The van der Waals surface area contributed by atoms with Crippen LogP contribution >= 0.6 is 22.6 Å². The molecule has 0 bridgehead atoms. The molecule has 0 radical (unpaired) electrons. The maximum Gasteiger partial charge on any atom is 0.408 e. The number of halogens is 1. The quantitative estimate of drug-likeness (QED) is 0.662. The van der Waals surface area contributed by atoms with E-state index in [-0.39, 0.29) is 5.41 Å². The molecular weight excluding hydrogens is 405 g/mol. The number of rotatable bonds is 1. The number of aromatic nitrogens is 2. The molecule has 2 heterocycles. The molecule has 1 aliphatic heterocycles. The van der Waals surface area contributed by atoms with E-state index in [9.17, 15) is 9.90 Å². The largest absolute Gasteiger partial charge is 0.465 e. The predicted octanol–water partition coefficient (Wildman–Crippen LogP) is 4.43. The van der Waals surface area contributed by atoms with Crippen LogP contribution < -0.4 is 0 Å². The summed E-state index contributed by atoms with van der Waals surface area (Å²) in [4.78, 5) is 21.7. The molecule has 23 heavy (non-hydrogen) atoms. The molecule has 124 valence electrons. The highest BCUT2D eigenvalue weighted by atomic mass is 127. The number of carboxylic acid groups (broad SMARTS) is 1. The van der Waals surface area contributed by atoms with Gasteiger partial charge in [0.25, 0.3) is 0 Å². The van der Waals surface area contributed by atoms with Crippen LogP contribution in [0.5, 0.6) is 0 Å². The van der Waals surface area contributed by atoms with Crippen molar-refractivity contribution in [2.75, 3.05) is 6.54 Å². The number of aromatic amines is 1. The van der Waals surface area contributed by atoms with E-state index in [1.54, 1.807) is 4.90 Å². The van der Waals surface area contributed by atoms with Crippen molar-refractivity contribution in [3.05, 3.63) is 27.6 Å². The maximum atomic E-state index is 11.9. The Labute approximate surface area is 149 Å². The van der Waals surface area contributed by atoms with Gasteiger partial charge < -0.3 is 10.1 Å². The van der Waals surface area contributed by atoms with Crippen molar-refractivity contribution in [2.24, 2.45) is 11.3 Å². The molecule has 2 atom stereocenters. The monoisotopic (exact) mass is 427 g/mol. The van der Waals surface area contributed by atoms with Crippen molar-refractivity contribution in [3.8, 4) is 0 Å². The van der Waals surface area contributed by atoms with Gasteiger partial charge >= 0.3 is 6.09 Å². The summed E-state index contributed by atoms with van der Waals surface area (Å²) in [5.74, 6) is 1.06. The summed E-state index contributed by atoms with van der Waals surface area (Å²) < 4.78 is 1.13. The minimum Gasteiger partial charge on any atom is -0.465 e. The van der Waals surface area contributed by atoms with E-state index in [2.05, 4.69) is 55.3 Å². The van der Waals surface area contributed by atoms with Gasteiger partial charge in [-0.25, -0.2) is 9.78 Å². The van der Waals surface area contributed by atoms with E-state index in [1.807, 2.05) is 18.2 Å². The van der Waals surface area contributed by atoms with Crippen LogP contribution in [0, 0.1) is 14.9 Å². The summed E-state index contributed by atoms with van der Waals surface area (Å²) >= 11 is 2.27. The first-order valence-electron chi connectivity index (χ1n) is 7.81. The second-order valence-corrected chi connectivity index (χ2v) is 8.81. The molecule has 1 amide bonds. The zero-order chi connectivity index (χ0) is 17.0. The van der Waals surface area contributed by atoms with Crippen LogP contribution in [0.3, 0.4) is 0 Å². The first-order valence-corrected chi connectivity index (χ1v) is 8.89. The minimum atomic E-state index is -0.876. The second-order valence-electron chi connectivity index (χ2n) is 7.56. The highest BCUT2D eigenvalue weighted by Crippen LogP contribution is 2.52. The highest BCUT2D eigenvalue weighted by molar-refractivity contribution is 14.1. The SMILES string of the molecule is C[C@@H]1CN(C(=O)O)[C@](c2nc3ccc(I)cc3[nH]2)(C(C)(C)C)C1. The van der Waals surface area contributed by atoms with Crippen molar-refractivity contribution in [1.82, 2.24) is 14.9 Å². The summed E-state index contributed by atoms with van der Waals surface area (Å²) in [5, 5.41) is 9.79. The number of nitrogens with zero attached hydrogens (tertiary/aromatic N) is 2. The predicted molar refractivity (Wildman–Crippen MR) is 98.5 cm³/mol. The average Bonchev–Trinajstić information content (AvgIpc) is 2.98. The molecule has 3 rings (SSSR count). The second kappa shape index (κ2) is 5.36. The van der Waals surface area contributed by atoms with Gasteiger partial charge in [0.15, 0.2) is 0 Å². The van der Waals surface area contributed by atoms with E-state index in [1.165, 1.54) is 0 Å². The highest BCUT2D eigenvalue weighted by Gasteiger charge is 2.57. The molecule has 6 heteroatoms. The molecule has 1 aliphatic rings. The number of amides is 1. The lowest BCUT2D eigenvalue weighted by Gasteiger charge is -2.45. The molecule has 0 unspecified atom stereocenters. The molecule has 1 saturated heterocycles. The van der Waals surface area contributed by atoms with Crippen molar-refractivity contribution < 1.29 is 9.90 Å². The lowest BCUT2D eigenvalue weighted by molar-refractivity contribution is 0.0217. The van der Waals surface area contributed by atoms with Gasteiger partial charge in [0.1, 0.15) is 11.4 Å². The zero-order valence-electron chi connectivity index (χ0n) is 13.9. The Kier molecular flexibility index (Phi) is 3.85. The Morgan fingerprint density at radius 3 is 2.78 bits per heavy atom. The van der Waals surface area contributed by atoms with Gasteiger partial charge in [-0.05, 0) is 58.5 Å². The number of likely N-dealkylation sites (tertiary alicyclic amines) is 1. The third kappa shape index (κ3) is 2.51. The van der Waals surface area contributed by atoms with Gasteiger partial charge in [0.05, 0.1) is 11.0 Å². The maximum absolute atomic E-state index is 11.9. The van der Waals surface area contributed by atoms with Gasteiger partial charge in [-0.15, -0.1) is 0 Å². The van der Waals surface area contributed by atoms with Crippen LogP contribution in [0.1, 0.15) is 39.9 Å². The Morgan fingerprint density at radius 1 is 1.48 bits per heavy atom. The fourth-order valence-corrected chi connectivity index (χ4v) is 4.35. The third-order valence-electron chi connectivity index (χ3n) is 4.91. The van der Waals surface area contributed by atoms with Crippen LogP contribution in [0.15, 0.2) is 18.2 Å². The van der Waals surface area contributed by atoms with Crippen LogP contribution in [-0.2, 0) is 5.54 Å². The summed E-state index contributed by atoms with van der Waals surface area (Å²) in [6, 6.07) is 6.05. The van der Waals surface area contributed by atoms with Crippen LogP contribution in [0.4, 0.5) is 4.79 Å². The Hall–Kier alpha value is -1.31. The van der Waals surface area contributed by atoms with Gasteiger partial charge in [-0.1, -0.05) is 27.7 Å². The smallest absolute Gasteiger partial charge is 0.408 e. The third-order valence-corrected chi connectivity index (χ3v) is 5.58. The van der Waals surface area contributed by atoms with Crippen LogP contribution in [0.25, 0.3) is 11.0 Å². The summed E-state index contributed by atoms with van der Waals surface area (Å²) in [7, 11) is 0. The number of hydrogen-bond donors (Lipinski definition) is 2. The summed E-state index contributed by atoms with van der Waals surface area (Å²) in [5.41, 5.74) is 0.939. The van der Waals surface area contributed by atoms with Crippen molar-refractivity contribution in [1.29, 1.82) is 0 Å². The first kappa shape index (κ1) is 16.5. The molecule has 0 saturated carbocycles. The Morgan fingerprint density at radius 2 is 2.17 bits per heavy atom. The number of carbonyl (C=O) groups is 1. The van der Waals surface area contributed by atoms with E-state index < -0.39 is 11.6 Å². The minimum absolute atomic E-state index is 0.267. The molecule has 0 aliphatic carbocycles. The Bertz CT molecular complexity index is 765. The topological polar surface area (TPSA) is 69.2 Å². The lowest BCUT2D eigenvalue weighted by atomic mass is 9.70. The molecule has 1 aromatic heterocycles. The summed E-state index contributed by atoms with van der Waals surface area (Å²) in [6.07, 6.45) is -0.0981. The van der Waals surface area contributed by atoms with Crippen molar-refractivity contribution >= 4 is 39.7 Å². The molecular formula is C17H22IN3O2. The molecule has 5 nitrogen and oxygen atoms in total. The van der Waals surface area contributed by atoms with Crippen molar-refractivity contribution in [2.45, 2.75) is 39.7 Å². The molecule has 0 spiro atoms. The number of benzene rings is 1. The van der Waals surface area contributed by atoms with Gasteiger partial charge in [0.2, 0.25) is 0 Å². The molecule has 1 fully saturated rings. The molecule has 1 aromatic carbocycles. The van der Waals surface area contributed by atoms with E-state index in [0.717, 1.165) is 26.8 Å². The molecule has 2 N–H and O–H groups in total. The van der Waals surface area contributed by atoms with E-state index >= 15 is 0 Å². The normalized spacial score (nSPS) is 25.3. The van der Waals surface area contributed by atoms with Gasteiger partial charge in [-0.3, -0.25) is 4.90 Å². The van der Waals surface area contributed by atoms with E-state index in [0.29, 0.717) is 12.5 Å². The average molecular weight is 427 g/mol. The number of imidazole rings is 1. The number of hydrogen-bond acceptors (Lipinski definition) is 2. The van der Waals surface area contributed by atoms with Gasteiger partial charge in [0, 0.05) is 10.1 Å². The number of H-pyrrole nitrogens is 1. The van der Waals surface area contributed by atoms with Gasteiger partial charge in [-0.2, -0.15) is 0 Å². The van der Waals surface area contributed by atoms with Crippen LogP contribution in [0.2, 0.25) is 0 Å². The lowest BCUT2D eigenvalue weighted by Crippen LogP contribution is -2.53. The molecule has 2 aromatic rings. The number of nitrogens with one attached hydrogen (secondary N) is 1. The fraction of sp³-hybridized carbons (Fsp3) is 0.529. The summed E-state index contributed by atoms with van der Waals surface area (Å²) in [6.45, 7) is 8.93. The standard InChI is InChI=1S/C17H22IN3O2/c1-10-8-17(16(2,3)4,21(9-10)15(22)23)14-19-12-6-5-11(18)7-13(12)20-14/h5-7,10H,8-9H2,1-4H3,(H,19,20)(H,22,23)/t10-,17+/m0/s1. The Balaban J connectivity index is 2.24.